The van der Waals surface area contributed by atoms with Crippen molar-refractivity contribution >= 4 is 32.3 Å². The van der Waals surface area contributed by atoms with Crippen LogP contribution in [0.25, 0.3) is 99.9 Å². The zero-order valence-electron chi connectivity index (χ0n) is 33.0. The Morgan fingerprint density at radius 2 is 0.656 bits per heavy atom. The molecule has 0 bridgehead atoms. The van der Waals surface area contributed by atoms with Gasteiger partial charge in [0.25, 0.3) is 0 Å². The van der Waals surface area contributed by atoms with Crippen molar-refractivity contribution in [3.05, 3.63) is 235 Å². The van der Waals surface area contributed by atoms with Gasteiger partial charge in [0.05, 0.1) is 5.41 Å². The molecular weight excluding hydrogens is 739 g/mol. The Kier molecular flexibility index (Phi) is 7.22. The maximum atomic E-state index is 5.03. The highest BCUT2D eigenvalue weighted by Crippen LogP contribution is 2.67. The molecule has 3 nitrogen and oxygen atoms in total. The van der Waals surface area contributed by atoms with E-state index in [0.29, 0.717) is 17.5 Å². The van der Waals surface area contributed by atoms with Gasteiger partial charge in [0.15, 0.2) is 17.5 Å². The van der Waals surface area contributed by atoms with Crippen LogP contribution in [0.2, 0.25) is 0 Å². The van der Waals surface area contributed by atoms with Crippen molar-refractivity contribution in [1.82, 2.24) is 15.0 Å². The maximum absolute atomic E-state index is 5.03. The van der Waals surface area contributed by atoms with Crippen molar-refractivity contribution in [3.8, 4) is 67.5 Å². The van der Waals surface area contributed by atoms with E-state index in [-0.39, 0.29) is 0 Å². The third-order valence-corrected chi connectivity index (χ3v) is 13.1. The fourth-order valence-electron chi connectivity index (χ4n) is 10.7. The molecule has 0 saturated carbocycles. The summed E-state index contributed by atoms with van der Waals surface area (Å²) in [6.07, 6.45) is 0. The number of benzene rings is 10. The summed E-state index contributed by atoms with van der Waals surface area (Å²) in [5, 5.41) is 7.65. The van der Waals surface area contributed by atoms with E-state index >= 15 is 0 Å². The number of fused-ring (bicyclic) bond motifs is 17. The van der Waals surface area contributed by atoms with Crippen LogP contribution in [-0.4, -0.2) is 15.0 Å². The van der Waals surface area contributed by atoms with Crippen molar-refractivity contribution in [2.24, 2.45) is 0 Å². The van der Waals surface area contributed by atoms with Crippen LogP contribution in [-0.2, 0) is 5.41 Å². The van der Waals surface area contributed by atoms with Gasteiger partial charge in [-0.05, 0) is 94.0 Å². The quantitative estimate of drug-likeness (QED) is 0.167. The van der Waals surface area contributed by atoms with Crippen LogP contribution in [0, 0.1) is 0 Å². The molecule has 1 spiro atoms. The Hall–Kier alpha value is -8.01. The topological polar surface area (TPSA) is 38.7 Å². The Morgan fingerprint density at radius 1 is 0.262 bits per heavy atom. The SMILES string of the molecule is c1ccc(-c2nc(-c3ccccc3)nc(-c3ccc(-c4cc5c(c6ccccc46)C4(c6ccccc6-c6ccccc64)c4c-5c5ccccc5c5ccccc45)cc3)n2)cc1. The molecule has 0 fully saturated rings. The molecule has 0 unspecified atom stereocenters. The van der Waals surface area contributed by atoms with E-state index in [1.807, 2.05) is 60.7 Å². The van der Waals surface area contributed by atoms with Gasteiger partial charge >= 0.3 is 0 Å². The molecule has 282 valence electrons. The van der Waals surface area contributed by atoms with Gasteiger partial charge < -0.3 is 0 Å². The molecule has 0 aliphatic heterocycles. The first-order chi connectivity index (χ1) is 30.3. The molecule has 61 heavy (non-hydrogen) atoms. The summed E-state index contributed by atoms with van der Waals surface area (Å²) in [5.74, 6) is 1.95. The standard InChI is InChI=1S/C58H35N3/c1-3-17-37(18-4-1)55-59-56(38-19-5-2-6-20-38)61-57(60-55)39-33-31-36(32-34-39)48-35-49-52-45-26-10-7-21-40(45)41-22-8-12-28-47(41)54(52)58(53(49)46-27-11-9-23-42(46)48)50-29-15-13-24-43(50)44-25-14-16-30-51(44)58/h1-35H. The summed E-state index contributed by atoms with van der Waals surface area (Å²) in [6, 6.07) is 77.0. The average Bonchev–Trinajstić information content (AvgIpc) is 3.82. The Balaban J connectivity index is 1.08. The van der Waals surface area contributed by atoms with Gasteiger partial charge in [-0.2, -0.15) is 0 Å². The van der Waals surface area contributed by atoms with E-state index < -0.39 is 5.41 Å². The second kappa shape index (κ2) is 13.0. The predicted octanol–water partition coefficient (Wildman–Crippen LogP) is 14.3. The van der Waals surface area contributed by atoms with Crippen LogP contribution in [0.3, 0.4) is 0 Å². The third kappa shape index (κ3) is 4.77. The Morgan fingerprint density at radius 3 is 1.21 bits per heavy atom. The highest BCUT2D eigenvalue weighted by Gasteiger charge is 2.54. The van der Waals surface area contributed by atoms with Gasteiger partial charge in [0.2, 0.25) is 0 Å². The molecule has 3 heteroatoms. The highest BCUT2D eigenvalue weighted by molar-refractivity contribution is 6.22. The largest absolute Gasteiger partial charge is 0.208 e. The summed E-state index contributed by atoms with van der Waals surface area (Å²) in [5.41, 5.74) is 15.3. The lowest BCUT2D eigenvalue weighted by molar-refractivity contribution is 0.809. The van der Waals surface area contributed by atoms with E-state index in [1.54, 1.807) is 0 Å². The zero-order chi connectivity index (χ0) is 40.1. The molecule has 0 radical (unpaired) electrons. The van der Waals surface area contributed by atoms with Crippen molar-refractivity contribution in [2.45, 2.75) is 5.41 Å². The van der Waals surface area contributed by atoms with Gasteiger partial charge in [0.1, 0.15) is 0 Å². The van der Waals surface area contributed by atoms with Crippen LogP contribution in [0.15, 0.2) is 212 Å². The lowest BCUT2D eigenvalue weighted by atomic mass is 9.68. The van der Waals surface area contributed by atoms with E-state index in [2.05, 4.69) is 152 Å². The minimum absolute atomic E-state index is 0.519. The summed E-state index contributed by atoms with van der Waals surface area (Å²) < 4.78 is 0. The lowest BCUT2D eigenvalue weighted by Gasteiger charge is -2.33. The van der Waals surface area contributed by atoms with Crippen molar-refractivity contribution in [2.75, 3.05) is 0 Å². The van der Waals surface area contributed by atoms with Gasteiger partial charge in [-0.15, -0.1) is 0 Å². The Labute approximate surface area is 353 Å². The van der Waals surface area contributed by atoms with E-state index in [1.165, 1.54) is 82.4 Å². The number of aromatic nitrogens is 3. The molecule has 1 heterocycles. The molecule has 11 aromatic rings. The van der Waals surface area contributed by atoms with Gasteiger partial charge in [-0.1, -0.05) is 206 Å². The fraction of sp³-hybridized carbons (Fsp3) is 0.0172. The van der Waals surface area contributed by atoms with E-state index in [0.717, 1.165) is 22.3 Å². The summed E-state index contributed by atoms with van der Waals surface area (Å²) in [4.78, 5) is 15.0. The molecule has 1 aromatic heterocycles. The maximum Gasteiger partial charge on any atom is 0.164 e. The smallest absolute Gasteiger partial charge is 0.164 e. The van der Waals surface area contributed by atoms with Crippen LogP contribution < -0.4 is 0 Å². The minimum Gasteiger partial charge on any atom is -0.208 e. The first-order valence-corrected chi connectivity index (χ1v) is 20.9. The second-order valence-corrected chi connectivity index (χ2v) is 16.2. The molecule has 0 saturated heterocycles. The number of hydrogen-bond donors (Lipinski definition) is 0. The normalized spacial score (nSPS) is 13.0. The summed E-state index contributed by atoms with van der Waals surface area (Å²) >= 11 is 0. The fourth-order valence-corrected chi connectivity index (χ4v) is 10.7. The van der Waals surface area contributed by atoms with Crippen molar-refractivity contribution < 1.29 is 0 Å². The zero-order valence-corrected chi connectivity index (χ0v) is 33.0. The van der Waals surface area contributed by atoms with Crippen LogP contribution >= 0.6 is 0 Å². The Bertz CT molecular complexity index is 3470. The minimum atomic E-state index is -0.519. The van der Waals surface area contributed by atoms with E-state index in [4.69, 9.17) is 15.0 Å². The molecule has 2 aliphatic carbocycles. The van der Waals surface area contributed by atoms with Crippen LogP contribution in [0.1, 0.15) is 22.3 Å². The number of rotatable bonds is 4. The van der Waals surface area contributed by atoms with Gasteiger partial charge in [-0.3, -0.25) is 0 Å². The van der Waals surface area contributed by atoms with Crippen LogP contribution in [0.4, 0.5) is 0 Å². The molecule has 10 aromatic carbocycles. The first kappa shape index (κ1) is 33.9. The average molecular weight is 774 g/mol. The summed E-state index contributed by atoms with van der Waals surface area (Å²) in [7, 11) is 0. The predicted molar refractivity (Wildman–Crippen MR) is 250 cm³/mol. The summed E-state index contributed by atoms with van der Waals surface area (Å²) in [6.45, 7) is 0. The van der Waals surface area contributed by atoms with Crippen LogP contribution in [0.5, 0.6) is 0 Å². The molecule has 13 rings (SSSR count). The number of hydrogen-bond acceptors (Lipinski definition) is 3. The molecular formula is C58H35N3. The molecule has 0 amide bonds. The van der Waals surface area contributed by atoms with Crippen molar-refractivity contribution in [3.63, 3.8) is 0 Å². The third-order valence-electron chi connectivity index (χ3n) is 13.1. The molecule has 0 N–H and O–H groups in total. The van der Waals surface area contributed by atoms with Crippen molar-refractivity contribution in [1.29, 1.82) is 0 Å². The number of nitrogens with zero attached hydrogens (tertiary/aromatic N) is 3. The monoisotopic (exact) mass is 773 g/mol. The highest BCUT2D eigenvalue weighted by atomic mass is 15.0. The second-order valence-electron chi connectivity index (χ2n) is 16.2. The lowest BCUT2D eigenvalue weighted by Crippen LogP contribution is -2.26. The first-order valence-electron chi connectivity index (χ1n) is 20.9. The molecule has 2 aliphatic rings. The van der Waals surface area contributed by atoms with Gasteiger partial charge in [-0.25, -0.2) is 15.0 Å². The van der Waals surface area contributed by atoms with E-state index in [9.17, 15) is 0 Å². The van der Waals surface area contributed by atoms with Gasteiger partial charge in [0, 0.05) is 16.7 Å². The molecule has 0 atom stereocenters.